The molecule has 0 radical (unpaired) electrons. The van der Waals surface area contributed by atoms with Gasteiger partial charge in [0.05, 0.1) is 12.3 Å². The molecule has 1 aliphatic rings. The number of nitrogens with zero attached hydrogens (tertiary/aromatic N) is 2. The van der Waals surface area contributed by atoms with Crippen LogP contribution in [-0.4, -0.2) is 58.4 Å². The van der Waals surface area contributed by atoms with Crippen LogP contribution in [0, 0.1) is 11.8 Å². The van der Waals surface area contributed by atoms with Gasteiger partial charge in [-0.3, -0.25) is 14.4 Å². The molecule has 1 fully saturated rings. The highest BCUT2D eigenvalue weighted by Crippen LogP contribution is 2.27. The van der Waals surface area contributed by atoms with Gasteiger partial charge in [0.15, 0.2) is 0 Å². The first-order valence-corrected chi connectivity index (χ1v) is 10.1. The Bertz CT molecular complexity index is 449. The number of aliphatic carboxylic acids is 1. The minimum Gasteiger partial charge on any atom is -0.481 e. The standard InChI is InChI=1S/C16H28N2O4.C4H10/c1-5-8-17(6-2)16(22)14(11(3)4)18-9-7-12(15(18)21)10-13(19)20;1-3-4-2/h11-12,14H,5-10H2,1-4H3,(H,19,20);3-4H2,1-2H3. The van der Waals surface area contributed by atoms with Gasteiger partial charge in [-0.05, 0) is 25.7 Å². The zero-order valence-corrected chi connectivity index (χ0v) is 17.5. The lowest BCUT2D eigenvalue weighted by Gasteiger charge is -2.34. The molecule has 0 bridgehead atoms. The van der Waals surface area contributed by atoms with E-state index in [-0.39, 0.29) is 24.2 Å². The maximum atomic E-state index is 12.8. The van der Waals surface area contributed by atoms with Crippen molar-refractivity contribution in [3.63, 3.8) is 0 Å². The zero-order valence-electron chi connectivity index (χ0n) is 17.5. The highest BCUT2D eigenvalue weighted by Gasteiger charge is 2.41. The molecule has 0 spiro atoms. The number of hydrogen-bond donors (Lipinski definition) is 1. The zero-order chi connectivity index (χ0) is 20.3. The average molecular weight is 371 g/mol. The summed E-state index contributed by atoms with van der Waals surface area (Å²) < 4.78 is 0. The third kappa shape index (κ3) is 7.34. The number of carbonyl (C=O) groups excluding carboxylic acids is 2. The molecule has 2 amide bonds. The maximum Gasteiger partial charge on any atom is 0.304 e. The van der Waals surface area contributed by atoms with Gasteiger partial charge in [0.2, 0.25) is 11.8 Å². The molecule has 2 atom stereocenters. The van der Waals surface area contributed by atoms with Crippen LogP contribution in [0.4, 0.5) is 0 Å². The number of carboxylic acid groups (broad SMARTS) is 1. The van der Waals surface area contributed by atoms with Crippen molar-refractivity contribution in [3.05, 3.63) is 0 Å². The van der Waals surface area contributed by atoms with Crippen molar-refractivity contribution in [2.24, 2.45) is 11.8 Å². The number of hydrogen-bond acceptors (Lipinski definition) is 3. The summed E-state index contributed by atoms with van der Waals surface area (Å²) in [5.74, 6) is -1.67. The molecule has 1 rings (SSSR count). The number of likely N-dealkylation sites (N-methyl/N-ethyl adjacent to an activating group) is 1. The fourth-order valence-electron chi connectivity index (χ4n) is 3.10. The van der Waals surface area contributed by atoms with Crippen molar-refractivity contribution in [3.8, 4) is 0 Å². The van der Waals surface area contributed by atoms with E-state index >= 15 is 0 Å². The van der Waals surface area contributed by atoms with E-state index in [2.05, 4.69) is 13.8 Å². The fourth-order valence-corrected chi connectivity index (χ4v) is 3.10. The molecule has 0 aromatic heterocycles. The molecule has 6 heteroatoms. The van der Waals surface area contributed by atoms with Crippen LogP contribution in [0.15, 0.2) is 0 Å². The molecule has 1 saturated heterocycles. The molecule has 1 N–H and O–H groups in total. The minimum atomic E-state index is -0.964. The quantitative estimate of drug-likeness (QED) is 0.675. The molecule has 26 heavy (non-hydrogen) atoms. The summed E-state index contributed by atoms with van der Waals surface area (Å²) in [6.07, 6.45) is 3.88. The van der Waals surface area contributed by atoms with Crippen molar-refractivity contribution < 1.29 is 19.5 Å². The van der Waals surface area contributed by atoms with Gasteiger partial charge >= 0.3 is 5.97 Å². The molecular weight excluding hydrogens is 332 g/mol. The Balaban J connectivity index is 0.00000141. The van der Waals surface area contributed by atoms with Gasteiger partial charge in [-0.25, -0.2) is 0 Å². The summed E-state index contributed by atoms with van der Waals surface area (Å²) >= 11 is 0. The third-order valence-corrected chi connectivity index (χ3v) is 4.68. The molecule has 152 valence electrons. The van der Waals surface area contributed by atoms with Crippen molar-refractivity contribution >= 4 is 17.8 Å². The number of carbonyl (C=O) groups is 3. The van der Waals surface area contributed by atoms with Crippen LogP contribution in [0.3, 0.4) is 0 Å². The Labute approximate surface area is 158 Å². The summed E-state index contributed by atoms with van der Waals surface area (Å²) in [7, 11) is 0. The number of likely N-dealkylation sites (tertiary alicyclic amines) is 1. The van der Waals surface area contributed by atoms with E-state index in [0.29, 0.717) is 26.1 Å². The van der Waals surface area contributed by atoms with Gasteiger partial charge in [0.25, 0.3) is 0 Å². The molecule has 1 heterocycles. The third-order valence-electron chi connectivity index (χ3n) is 4.68. The largest absolute Gasteiger partial charge is 0.481 e. The van der Waals surface area contributed by atoms with E-state index < -0.39 is 17.9 Å². The van der Waals surface area contributed by atoms with Crippen LogP contribution in [0.5, 0.6) is 0 Å². The van der Waals surface area contributed by atoms with Crippen molar-refractivity contribution in [1.29, 1.82) is 0 Å². The number of rotatable bonds is 9. The predicted molar refractivity (Wildman–Crippen MR) is 104 cm³/mol. The van der Waals surface area contributed by atoms with Gasteiger partial charge in [-0.15, -0.1) is 0 Å². The Kier molecular flexibility index (Phi) is 11.9. The predicted octanol–water partition coefficient (Wildman–Crippen LogP) is 3.40. The maximum absolute atomic E-state index is 12.8. The summed E-state index contributed by atoms with van der Waals surface area (Å²) in [6.45, 7) is 13.9. The second kappa shape index (κ2) is 12.7. The van der Waals surface area contributed by atoms with Crippen LogP contribution >= 0.6 is 0 Å². The van der Waals surface area contributed by atoms with E-state index in [0.717, 1.165) is 6.42 Å². The Morgan fingerprint density at radius 2 is 1.73 bits per heavy atom. The number of amides is 2. The lowest BCUT2D eigenvalue weighted by molar-refractivity contribution is -0.148. The van der Waals surface area contributed by atoms with Crippen molar-refractivity contribution in [2.75, 3.05) is 19.6 Å². The highest BCUT2D eigenvalue weighted by atomic mass is 16.4. The average Bonchev–Trinajstić information content (AvgIpc) is 2.93. The first-order valence-electron chi connectivity index (χ1n) is 10.1. The summed E-state index contributed by atoms with van der Waals surface area (Å²) in [5, 5.41) is 8.89. The van der Waals surface area contributed by atoms with Crippen LogP contribution in [0.25, 0.3) is 0 Å². The Morgan fingerprint density at radius 1 is 1.15 bits per heavy atom. The van der Waals surface area contributed by atoms with Gasteiger partial charge in [0, 0.05) is 19.6 Å². The first-order chi connectivity index (χ1) is 12.2. The topological polar surface area (TPSA) is 77.9 Å². The van der Waals surface area contributed by atoms with E-state index in [4.69, 9.17) is 5.11 Å². The fraction of sp³-hybridized carbons (Fsp3) is 0.850. The summed E-state index contributed by atoms with van der Waals surface area (Å²) in [5.41, 5.74) is 0. The SMILES string of the molecule is CCCC.CCCN(CC)C(=O)C(C(C)C)N1CCC(CC(=O)O)C1=O. The van der Waals surface area contributed by atoms with Gasteiger partial charge in [0.1, 0.15) is 6.04 Å². The van der Waals surface area contributed by atoms with Gasteiger partial charge in [-0.2, -0.15) is 0 Å². The van der Waals surface area contributed by atoms with Crippen molar-refractivity contribution in [2.45, 2.75) is 79.7 Å². The highest BCUT2D eigenvalue weighted by molar-refractivity contribution is 5.91. The summed E-state index contributed by atoms with van der Waals surface area (Å²) in [4.78, 5) is 39.5. The van der Waals surface area contributed by atoms with Crippen LogP contribution in [-0.2, 0) is 14.4 Å². The second-order valence-corrected chi connectivity index (χ2v) is 7.22. The molecular formula is C20H38N2O4. The number of carboxylic acids is 1. The molecule has 1 aliphatic heterocycles. The Hall–Kier alpha value is -1.59. The lowest BCUT2D eigenvalue weighted by atomic mass is 10.00. The molecule has 2 unspecified atom stereocenters. The molecule has 0 saturated carbocycles. The number of unbranched alkanes of at least 4 members (excludes halogenated alkanes) is 1. The van der Waals surface area contributed by atoms with E-state index in [1.807, 2.05) is 27.7 Å². The lowest BCUT2D eigenvalue weighted by Crippen LogP contribution is -2.52. The summed E-state index contributed by atoms with van der Waals surface area (Å²) in [6, 6.07) is -0.488. The molecule has 0 aromatic rings. The van der Waals surface area contributed by atoms with Crippen molar-refractivity contribution in [1.82, 2.24) is 9.80 Å². The second-order valence-electron chi connectivity index (χ2n) is 7.22. The van der Waals surface area contributed by atoms with Crippen LogP contribution in [0.1, 0.15) is 73.6 Å². The van der Waals surface area contributed by atoms with Gasteiger partial charge in [-0.1, -0.05) is 47.5 Å². The first kappa shape index (κ1) is 24.4. The monoisotopic (exact) mass is 370 g/mol. The van der Waals surface area contributed by atoms with Crippen LogP contribution in [0.2, 0.25) is 0 Å². The minimum absolute atomic E-state index is 0.00549. The smallest absolute Gasteiger partial charge is 0.304 e. The molecule has 0 aromatic carbocycles. The van der Waals surface area contributed by atoms with E-state index in [1.165, 1.54) is 12.8 Å². The molecule has 0 aliphatic carbocycles. The normalized spacial score (nSPS) is 17.7. The van der Waals surface area contributed by atoms with Crippen LogP contribution < -0.4 is 0 Å². The van der Waals surface area contributed by atoms with Gasteiger partial charge < -0.3 is 14.9 Å². The van der Waals surface area contributed by atoms with E-state index in [9.17, 15) is 14.4 Å². The Morgan fingerprint density at radius 3 is 2.12 bits per heavy atom. The molecule has 6 nitrogen and oxygen atoms in total. The van der Waals surface area contributed by atoms with E-state index in [1.54, 1.807) is 9.80 Å².